The van der Waals surface area contributed by atoms with Gasteiger partial charge in [-0.1, -0.05) is 31.5 Å². The lowest BCUT2D eigenvalue weighted by atomic mass is 10.1. The number of nitrogens with zero attached hydrogens (tertiary/aromatic N) is 3. The molecule has 2 aliphatic heterocycles. The number of para-hydroxylation sites is 1. The van der Waals surface area contributed by atoms with E-state index in [1.54, 1.807) is 0 Å². The fourth-order valence-electron chi connectivity index (χ4n) is 3.77. The van der Waals surface area contributed by atoms with Crippen LogP contribution in [0, 0.1) is 5.92 Å². The van der Waals surface area contributed by atoms with E-state index in [0.717, 1.165) is 25.5 Å². The number of aliphatic imine (C=N–C) groups is 1. The highest BCUT2D eigenvalue weighted by atomic mass is 15.3. The van der Waals surface area contributed by atoms with Gasteiger partial charge in [-0.15, -0.1) is 0 Å². The molecular formula is C19H30N4. The number of rotatable bonds is 4. The van der Waals surface area contributed by atoms with Crippen molar-refractivity contribution in [3.8, 4) is 0 Å². The minimum Gasteiger partial charge on any atom is -0.356 e. The van der Waals surface area contributed by atoms with E-state index >= 15 is 0 Å². The quantitative estimate of drug-likeness (QED) is 0.685. The Bertz CT molecular complexity index is 534. The third-order valence-electron chi connectivity index (χ3n) is 4.98. The molecule has 1 fully saturated rings. The Morgan fingerprint density at radius 1 is 1.17 bits per heavy atom. The van der Waals surface area contributed by atoms with Gasteiger partial charge in [-0.3, -0.25) is 4.99 Å². The Morgan fingerprint density at radius 2 is 1.96 bits per heavy atom. The summed E-state index contributed by atoms with van der Waals surface area (Å²) in [6.07, 6.45) is 5.25. The molecule has 1 aromatic rings. The monoisotopic (exact) mass is 314 g/mol. The number of fused-ring (bicyclic) bond motifs is 1. The van der Waals surface area contributed by atoms with E-state index < -0.39 is 0 Å². The van der Waals surface area contributed by atoms with Crippen molar-refractivity contribution in [3.05, 3.63) is 29.8 Å². The molecule has 23 heavy (non-hydrogen) atoms. The summed E-state index contributed by atoms with van der Waals surface area (Å²) in [6.45, 7) is 8.10. The van der Waals surface area contributed by atoms with E-state index in [4.69, 9.17) is 0 Å². The maximum Gasteiger partial charge on any atom is 0.198 e. The first kappa shape index (κ1) is 16.3. The highest BCUT2D eigenvalue weighted by molar-refractivity contribution is 5.97. The summed E-state index contributed by atoms with van der Waals surface area (Å²) in [6, 6.07) is 8.66. The molecule has 2 heterocycles. The molecule has 0 amide bonds. The Morgan fingerprint density at radius 3 is 2.74 bits per heavy atom. The summed E-state index contributed by atoms with van der Waals surface area (Å²) in [5.41, 5.74) is 2.74. The van der Waals surface area contributed by atoms with Crippen LogP contribution in [-0.2, 0) is 6.42 Å². The van der Waals surface area contributed by atoms with Crippen molar-refractivity contribution in [1.29, 1.82) is 0 Å². The molecule has 0 aromatic heterocycles. The second-order valence-electron chi connectivity index (χ2n) is 6.92. The highest BCUT2D eigenvalue weighted by Gasteiger charge is 2.22. The summed E-state index contributed by atoms with van der Waals surface area (Å²) < 4.78 is 0. The van der Waals surface area contributed by atoms with Crippen LogP contribution in [0.1, 0.15) is 31.7 Å². The number of likely N-dealkylation sites (tertiary alicyclic amines) is 1. The molecule has 0 aliphatic carbocycles. The second-order valence-corrected chi connectivity index (χ2v) is 6.92. The summed E-state index contributed by atoms with van der Waals surface area (Å²) in [5, 5.41) is 3.59. The number of hydrogen-bond acceptors (Lipinski definition) is 2. The summed E-state index contributed by atoms with van der Waals surface area (Å²) >= 11 is 0. The lowest BCUT2D eigenvalue weighted by molar-refractivity contribution is 0.201. The van der Waals surface area contributed by atoms with Gasteiger partial charge in [-0.05, 0) is 49.9 Å². The zero-order valence-electron chi connectivity index (χ0n) is 14.6. The van der Waals surface area contributed by atoms with Gasteiger partial charge >= 0.3 is 0 Å². The number of anilines is 1. The van der Waals surface area contributed by atoms with Crippen LogP contribution in [0.2, 0.25) is 0 Å². The van der Waals surface area contributed by atoms with E-state index in [-0.39, 0.29) is 0 Å². The zero-order valence-corrected chi connectivity index (χ0v) is 14.6. The van der Waals surface area contributed by atoms with Crippen LogP contribution in [-0.4, -0.2) is 50.6 Å². The van der Waals surface area contributed by atoms with Crippen molar-refractivity contribution in [3.63, 3.8) is 0 Å². The lowest BCUT2D eigenvalue weighted by Crippen LogP contribution is -2.44. The molecule has 1 unspecified atom stereocenters. The summed E-state index contributed by atoms with van der Waals surface area (Å²) in [5.74, 6) is 1.66. The van der Waals surface area contributed by atoms with Crippen molar-refractivity contribution in [2.24, 2.45) is 10.9 Å². The number of benzene rings is 1. The predicted molar refractivity (Wildman–Crippen MR) is 98.3 cm³/mol. The molecule has 3 rings (SSSR count). The maximum atomic E-state index is 4.51. The number of nitrogens with one attached hydrogen (secondary N) is 1. The van der Waals surface area contributed by atoms with Crippen LogP contribution in [0.3, 0.4) is 0 Å². The minimum absolute atomic E-state index is 0.641. The van der Waals surface area contributed by atoms with Crippen LogP contribution in [0.15, 0.2) is 29.3 Å². The molecule has 2 aliphatic rings. The van der Waals surface area contributed by atoms with Crippen molar-refractivity contribution in [2.45, 2.75) is 32.6 Å². The average molecular weight is 314 g/mol. The predicted octanol–water partition coefficient (Wildman–Crippen LogP) is 2.75. The Labute approximate surface area is 140 Å². The summed E-state index contributed by atoms with van der Waals surface area (Å²) in [4.78, 5) is 9.44. The molecule has 1 aromatic carbocycles. The van der Waals surface area contributed by atoms with Gasteiger partial charge in [0.15, 0.2) is 5.96 Å². The van der Waals surface area contributed by atoms with Gasteiger partial charge in [0, 0.05) is 32.4 Å². The van der Waals surface area contributed by atoms with Crippen molar-refractivity contribution in [1.82, 2.24) is 10.2 Å². The van der Waals surface area contributed by atoms with Crippen molar-refractivity contribution >= 4 is 11.6 Å². The van der Waals surface area contributed by atoms with Crippen LogP contribution in [0.4, 0.5) is 5.69 Å². The van der Waals surface area contributed by atoms with Crippen LogP contribution in [0.5, 0.6) is 0 Å². The summed E-state index contributed by atoms with van der Waals surface area (Å²) in [7, 11) is 1.89. The average Bonchev–Trinajstić information content (AvgIpc) is 3.01. The molecule has 0 saturated carbocycles. The second kappa shape index (κ2) is 7.82. The zero-order chi connectivity index (χ0) is 16.1. The molecule has 0 radical (unpaired) electrons. The fourth-order valence-corrected chi connectivity index (χ4v) is 3.77. The van der Waals surface area contributed by atoms with E-state index in [1.165, 1.54) is 50.1 Å². The smallest absolute Gasteiger partial charge is 0.198 e. The fraction of sp³-hybridized carbons (Fsp3) is 0.632. The Hall–Kier alpha value is -1.55. The molecule has 4 nitrogen and oxygen atoms in total. The lowest BCUT2D eigenvalue weighted by Gasteiger charge is -2.30. The van der Waals surface area contributed by atoms with Crippen molar-refractivity contribution < 1.29 is 0 Å². The first-order chi connectivity index (χ1) is 11.3. The maximum absolute atomic E-state index is 4.51. The first-order valence-corrected chi connectivity index (χ1v) is 9.06. The molecular weight excluding hydrogens is 284 g/mol. The number of piperidine rings is 1. The van der Waals surface area contributed by atoms with E-state index in [9.17, 15) is 0 Å². The molecule has 1 N–H and O–H groups in total. The molecule has 1 saturated heterocycles. The van der Waals surface area contributed by atoms with Gasteiger partial charge < -0.3 is 15.1 Å². The van der Waals surface area contributed by atoms with E-state index in [1.807, 2.05) is 7.05 Å². The van der Waals surface area contributed by atoms with Gasteiger partial charge in [0.05, 0.1) is 0 Å². The Balaban J connectivity index is 1.52. The Kier molecular flexibility index (Phi) is 5.55. The SMILES string of the molecule is CN=C(NCC(C)CN1CCCCC1)N1CCc2ccccc21. The van der Waals surface area contributed by atoms with Crippen LogP contribution in [0.25, 0.3) is 0 Å². The highest BCUT2D eigenvalue weighted by Crippen LogP contribution is 2.27. The molecule has 0 spiro atoms. The van der Waals surface area contributed by atoms with Gasteiger partial charge in [0.1, 0.15) is 0 Å². The van der Waals surface area contributed by atoms with Crippen LogP contribution < -0.4 is 10.2 Å². The van der Waals surface area contributed by atoms with Gasteiger partial charge in [0.25, 0.3) is 0 Å². The third kappa shape index (κ3) is 4.05. The van der Waals surface area contributed by atoms with E-state index in [2.05, 4.69) is 51.3 Å². The molecule has 0 bridgehead atoms. The number of guanidine groups is 1. The number of hydrogen-bond donors (Lipinski definition) is 1. The van der Waals surface area contributed by atoms with E-state index in [0.29, 0.717) is 5.92 Å². The van der Waals surface area contributed by atoms with Gasteiger partial charge in [0.2, 0.25) is 0 Å². The first-order valence-electron chi connectivity index (χ1n) is 9.06. The van der Waals surface area contributed by atoms with Gasteiger partial charge in [-0.2, -0.15) is 0 Å². The van der Waals surface area contributed by atoms with Crippen LogP contribution >= 0.6 is 0 Å². The molecule has 126 valence electrons. The standard InChI is InChI=1S/C19H30N4/c1-16(15-22-11-6-3-7-12-22)14-21-19(20-2)23-13-10-17-8-4-5-9-18(17)23/h4-5,8-9,16H,3,6-7,10-15H2,1-2H3,(H,20,21). The topological polar surface area (TPSA) is 30.9 Å². The molecule has 4 heteroatoms. The molecule has 1 atom stereocenters. The van der Waals surface area contributed by atoms with Crippen molar-refractivity contribution in [2.75, 3.05) is 44.7 Å². The largest absolute Gasteiger partial charge is 0.356 e. The minimum atomic E-state index is 0.641. The third-order valence-corrected chi connectivity index (χ3v) is 4.98. The van der Waals surface area contributed by atoms with Gasteiger partial charge in [-0.25, -0.2) is 0 Å². The normalized spacial score (nSPS) is 20.4.